The number of carbonyl (C=O) groups is 2. The number of alkyl halides is 3. The standard InChI is InChI=1S/C26H24F3N5O4/c1-15-20(22(35)33-25(2,3)14-31-18-10-8-16(13-30)9-11-18)32-21(24(37)38-4)23(36)34(15)19-7-5-6-17(12-19)26(27,28)29/h5-12,31H,14H2,1-4H3,(H,33,35). The molecule has 1 amide bonds. The molecule has 198 valence electrons. The number of benzene rings is 2. The van der Waals surface area contributed by atoms with Crippen LogP contribution < -0.4 is 16.2 Å². The lowest BCUT2D eigenvalue weighted by Gasteiger charge is -2.27. The summed E-state index contributed by atoms with van der Waals surface area (Å²) in [4.78, 5) is 42.6. The van der Waals surface area contributed by atoms with Crippen LogP contribution in [0.3, 0.4) is 0 Å². The predicted octanol–water partition coefficient (Wildman–Crippen LogP) is 3.84. The Morgan fingerprint density at radius 3 is 2.34 bits per heavy atom. The summed E-state index contributed by atoms with van der Waals surface area (Å²) in [6, 6.07) is 12.6. The highest BCUT2D eigenvalue weighted by atomic mass is 19.4. The van der Waals surface area contributed by atoms with Gasteiger partial charge in [0.15, 0.2) is 0 Å². The minimum Gasteiger partial charge on any atom is -0.464 e. The molecule has 1 aromatic heterocycles. The SMILES string of the molecule is COC(=O)c1nc(C(=O)NC(C)(C)CNc2ccc(C#N)cc2)c(C)n(-c2cccc(C(F)(F)F)c2)c1=O. The Balaban J connectivity index is 1.99. The largest absolute Gasteiger partial charge is 0.464 e. The van der Waals surface area contributed by atoms with E-state index in [1.165, 1.54) is 13.0 Å². The van der Waals surface area contributed by atoms with Crippen molar-refractivity contribution in [3.8, 4) is 11.8 Å². The number of nitrogens with one attached hydrogen (secondary N) is 2. The van der Waals surface area contributed by atoms with Crippen LogP contribution in [0, 0.1) is 18.3 Å². The zero-order chi connectivity index (χ0) is 28.3. The smallest absolute Gasteiger partial charge is 0.416 e. The summed E-state index contributed by atoms with van der Waals surface area (Å²) in [5.74, 6) is -1.91. The van der Waals surface area contributed by atoms with Crippen LogP contribution in [0.2, 0.25) is 0 Å². The third kappa shape index (κ3) is 6.18. The molecular formula is C26H24F3N5O4. The van der Waals surface area contributed by atoms with Crippen molar-refractivity contribution in [2.75, 3.05) is 19.0 Å². The van der Waals surface area contributed by atoms with Gasteiger partial charge in [0.05, 0.1) is 35.5 Å². The van der Waals surface area contributed by atoms with E-state index in [2.05, 4.69) is 20.4 Å². The van der Waals surface area contributed by atoms with Crippen molar-refractivity contribution in [3.63, 3.8) is 0 Å². The summed E-state index contributed by atoms with van der Waals surface area (Å²) in [5, 5.41) is 14.8. The van der Waals surface area contributed by atoms with Gasteiger partial charge in [0.25, 0.3) is 11.5 Å². The average molecular weight is 528 g/mol. The summed E-state index contributed by atoms with van der Waals surface area (Å²) in [6.45, 7) is 5.00. The lowest BCUT2D eigenvalue weighted by atomic mass is 10.0. The highest BCUT2D eigenvalue weighted by Crippen LogP contribution is 2.30. The molecule has 0 aliphatic heterocycles. The minimum absolute atomic E-state index is 0.0738. The molecule has 0 aliphatic carbocycles. The number of nitriles is 1. The first kappa shape index (κ1) is 27.9. The van der Waals surface area contributed by atoms with Gasteiger partial charge in [-0.25, -0.2) is 9.78 Å². The second-order valence-electron chi connectivity index (χ2n) is 8.96. The number of amides is 1. The lowest BCUT2D eigenvalue weighted by Crippen LogP contribution is -2.49. The molecule has 2 aromatic carbocycles. The molecule has 12 heteroatoms. The van der Waals surface area contributed by atoms with Gasteiger partial charge in [-0.3, -0.25) is 14.2 Å². The van der Waals surface area contributed by atoms with E-state index >= 15 is 0 Å². The molecule has 3 rings (SSSR count). The Labute approximate surface area is 215 Å². The van der Waals surface area contributed by atoms with Crippen molar-refractivity contribution in [2.24, 2.45) is 0 Å². The van der Waals surface area contributed by atoms with Crippen LogP contribution in [0.4, 0.5) is 18.9 Å². The van der Waals surface area contributed by atoms with Crippen molar-refractivity contribution >= 4 is 17.6 Å². The number of rotatable bonds is 7. The van der Waals surface area contributed by atoms with Crippen molar-refractivity contribution in [3.05, 3.63) is 87.1 Å². The molecule has 0 spiro atoms. The van der Waals surface area contributed by atoms with Crippen molar-refractivity contribution in [1.29, 1.82) is 5.26 Å². The van der Waals surface area contributed by atoms with Crippen LogP contribution in [0.25, 0.3) is 5.69 Å². The zero-order valence-electron chi connectivity index (χ0n) is 20.9. The third-order valence-electron chi connectivity index (χ3n) is 5.53. The Hall–Kier alpha value is -4.66. The molecular weight excluding hydrogens is 503 g/mol. The Morgan fingerprint density at radius 1 is 1.11 bits per heavy atom. The molecule has 0 saturated heterocycles. The molecule has 9 nitrogen and oxygen atoms in total. The summed E-state index contributed by atoms with van der Waals surface area (Å²) in [5.41, 5.74) is -3.12. The number of hydrogen-bond acceptors (Lipinski definition) is 7. The summed E-state index contributed by atoms with van der Waals surface area (Å²) >= 11 is 0. The number of carbonyl (C=O) groups excluding carboxylic acids is 2. The minimum atomic E-state index is -4.68. The number of methoxy groups -OCH3 is 1. The van der Waals surface area contributed by atoms with Crippen molar-refractivity contribution in [1.82, 2.24) is 14.9 Å². The fourth-order valence-electron chi connectivity index (χ4n) is 3.58. The normalized spacial score (nSPS) is 11.4. The van der Waals surface area contributed by atoms with Gasteiger partial charge in [0.1, 0.15) is 5.69 Å². The molecule has 0 saturated carbocycles. The van der Waals surface area contributed by atoms with E-state index in [9.17, 15) is 27.6 Å². The van der Waals surface area contributed by atoms with Gasteiger partial charge < -0.3 is 15.4 Å². The van der Waals surface area contributed by atoms with E-state index < -0.39 is 40.4 Å². The van der Waals surface area contributed by atoms with Crippen molar-refractivity contribution in [2.45, 2.75) is 32.5 Å². The first-order chi connectivity index (χ1) is 17.8. The number of anilines is 1. The van der Waals surface area contributed by atoms with E-state index in [4.69, 9.17) is 5.26 Å². The van der Waals surface area contributed by atoms with Gasteiger partial charge in [-0.05, 0) is 63.2 Å². The molecule has 0 atom stereocenters. The van der Waals surface area contributed by atoms with Crippen LogP contribution in [-0.2, 0) is 10.9 Å². The molecule has 0 radical (unpaired) electrons. The molecule has 0 unspecified atom stereocenters. The number of ether oxygens (including phenoxy) is 1. The maximum absolute atomic E-state index is 13.3. The molecule has 1 heterocycles. The lowest BCUT2D eigenvalue weighted by molar-refractivity contribution is -0.137. The summed E-state index contributed by atoms with van der Waals surface area (Å²) in [6.07, 6.45) is -4.68. The Bertz CT molecular complexity index is 1470. The third-order valence-corrected chi connectivity index (χ3v) is 5.53. The second-order valence-corrected chi connectivity index (χ2v) is 8.96. The molecule has 0 aliphatic rings. The highest BCUT2D eigenvalue weighted by molar-refractivity contribution is 5.95. The molecule has 0 fully saturated rings. The van der Waals surface area contributed by atoms with Crippen molar-refractivity contribution < 1.29 is 27.5 Å². The first-order valence-corrected chi connectivity index (χ1v) is 11.2. The van der Waals surface area contributed by atoms with Crippen LogP contribution in [0.1, 0.15) is 51.6 Å². The second kappa shape index (κ2) is 10.8. The topological polar surface area (TPSA) is 126 Å². The number of esters is 1. The number of nitrogens with zero attached hydrogens (tertiary/aromatic N) is 3. The van der Waals surface area contributed by atoms with E-state index in [1.807, 2.05) is 6.07 Å². The zero-order valence-corrected chi connectivity index (χ0v) is 20.9. The van der Waals surface area contributed by atoms with Gasteiger partial charge >= 0.3 is 12.1 Å². The van der Waals surface area contributed by atoms with Crippen LogP contribution in [-0.4, -0.2) is 40.6 Å². The van der Waals surface area contributed by atoms with Crippen LogP contribution >= 0.6 is 0 Å². The van der Waals surface area contributed by atoms with Crippen LogP contribution in [0.5, 0.6) is 0 Å². The van der Waals surface area contributed by atoms with Gasteiger partial charge in [-0.1, -0.05) is 6.07 Å². The molecule has 2 N–H and O–H groups in total. The maximum Gasteiger partial charge on any atom is 0.416 e. The van der Waals surface area contributed by atoms with Gasteiger partial charge in [0, 0.05) is 17.9 Å². The Kier molecular flexibility index (Phi) is 7.90. The predicted molar refractivity (Wildman–Crippen MR) is 132 cm³/mol. The number of hydrogen-bond donors (Lipinski definition) is 2. The van der Waals surface area contributed by atoms with E-state index in [1.54, 1.807) is 38.1 Å². The van der Waals surface area contributed by atoms with Gasteiger partial charge in [-0.15, -0.1) is 0 Å². The Morgan fingerprint density at radius 2 is 1.76 bits per heavy atom. The van der Waals surface area contributed by atoms with E-state index in [-0.39, 0.29) is 23.6 Å². The number of halogens is 3. The van der Waals surface area contributed by atoms with Crippen LogP contribution in [0.15, 0.2) is 53.3 Å². The fraction of sp³-hybridized carbons (Fsp3) is 0.269. The molecule has 38 heavy (non-hydrogen) atoms. The quantitative estimate of drug-likeness (QED) is 0.447. The summed E-state index contributed by atoms with van der Waals surface area (Å²) < 4.78 is 45.4. The van der Waals surface area contributed by atoms with Gasteiger partial charge in [0.2, 0.25) is 5.69 Å². The number of aromatic nitrogens is 2. The monoisotopic (exact) mass is 527 g/mol. The first-order valence-electron chi connectivity index (χ1n) is 11.2. The van der Waals surface area contributed by atoms with E-state index in [0.717, 1.165) is 29.9 Å². The fourth-order valence-corrected chi connectivity index (χ4v) is 3.58. The van der Waals surface area contributed by atoms with E-state index in [0.29, 0.717) is 11.3 Å². The average Bonchev–Trinajstić information content (AvgIpc) is 2.87. The molecule has 0 bridgehead atoms. The van der Waals surface area contributed by atoms with Gasteiger partial charge in [-0.2, -0.15) is 18.4 Å². The summed E-state index contributed by atoms with van der Waals surface area (Å²) in [7, 11) is 1.01. The molecule has 3 aromatic rings. The maximum atomic E-state index is 13.3. The highest BCUT2D eigenvalue weighted by Gasteiger charge is 2.32.